The minimum atomic E-state index is -0.664. The number of nitrogens with zero attached hydrogens (tertiary/aromatic N) is 4. The molecule has 0 spiro atoms. The molecule has 128 valence electrons. The number of benzene rings is 1. The molecule has 0 radical (unpaired) electrons. The van der Waals surface area contributed by atoms with E-state index in [0.29, 0.717) is 0 Å². The summed E-state index contributed by atoms with van der Waals surface area (Å²) in [5.41, 5.74) is 1.94. The van der Waals surface area contributed by atoms with Gasteiger partial charge in [0, 0.05) is 43.1 Å². The topological polar surface area (TPSA) is 90.1 Å². The highest BCUT2D eigenvalue weighted by molar-refractivity contribution is 7.84. The highest BCUT2D eigenvalue weighted by atomic mass is 32.2. The van der Waals surface area contributed by atoms with Gasteiger partial charge in [-0.2, -0.15) is 10.4 Å². The van der Waals surface area contributed by atoms with Gasteiger partial charge < -0.3 is 14.4 Å². The van der Waals surface area contributed by atoms with Gasteiger partial charge in [0.1, 0.15) is 6.07 Å². The Morgan fingerprint density at radius 3 is 2.62 bits per heavy atom. The highest BCUT2D eigenvalue weighted by Crippen LogP contribution is 2.10. The zero-order valence-electron chi connectivity index (χ0n) is 14.2. The van der Waals surface area contributed by atoms with Crippen molar-refractivity contribution in [3.8, 4) is 6.07 Å². The van der Waals surface area contributed by atoms with E-state index in [1.165, 1.54) is 6.20 Å². The summed E-state index contributed by atoms with van der Waals surface area (Å²) >= 11 is 0. The second-order valence-corrected chi connectivity index (χ2v) is 6.15. The van der Waals surface area contributed by atoms with Crippen LogP contribution in [-0.2, 0) is 20.4 Å². The number of carbonyl (C=O) groups is 1. The van der Waals surface area contributed by atoms with Gasteiger partial charge in [0.05, 0.1) is 12.8 Å². The summed E-state index contributed by atoms with van der Waals surface area (Å²) in [6, 6.07) is 9.66. The Balaban J connectivity index is 2.66. The van der Waals surface area contributed by atoms with Gasteiger partial charge in [0.25, 0.3) is 0 Å². The molecule has 0 amide bonds. The monoisotopic (exact) mass is 347 g/mol. The SMILES string of the molecule is CCOC(=O)/C(C#N)=C/N/[S@](C)=N\N=C/c1ccc(N(C)C)cc1. The van der Waals surface area contributed by atoms with E-state index in [9.17, 15) is 4.79 Å². The molecule has 24 heavy (non-hydrogen) atoms. The molecule has 7 nitrogen and oxygen atoms in total. The van der Waals surface area contributed by atoms with Crippen LogP contribution in [0.2, 0.25) is 0 Å². The number of hydrogen-bond acceptors (Lipinski definition) is 5. The van der Waals surface area contributed by atoms with Crippen molar-refractivity contribution in [2.45, 2.75) is 6.92 Å². The van der Waals surface area contributed by atoms with Crippen molar-refractivity contribution in [1.82, 2.24) is 4.72 Å². The van der Waals surface area contributed by atoms with Crippen molar-refractivity contribution >= 4 is 28.7 Å². The van der Waals surface area contributed by atoms with Gasteiger partial charge >= 0.3 is 5.97 Å². The van der Waals surface area contributed by atoms with Gasteiger partial charge in [-0.15, -0.1) is 4.47 Å². The lowest BCUT2D eigenvalue weighted by atomic mass is 10.2. The number of hydrogen-bond donors (Lipinski definition) is 1. The Bertz CT molecular complexity index is 687. The van der Waals surface area contributed by atoms with Crippen LogP contribution in [0.5, 0.6) is 0 Å². The van der Waals surface area contributed by atoms with E-state index in [4.69, 9.17) is 10.00 Å². The molecule has 0 fully saturated rings. The van der Waals surface area contributed by atoms with Crippen LogP contribution in [0.4, 0.5) is 5.69 Å². The lowest BCUT2D eigenvalue weighted by Gasteiger charge is -2.11. The minimum Gasteiger partial charge on any atom is -0.462 e. The summed E-state index contributed by atoms with van der Waals surface area (Å²) < 4.78 is 11.7. The third kappa shape index (κ3) is 6.62. The Hall–Kier alpha value is -2.66. The first kappa shape index (κ1) is 19.4. The largest absolute Gasteiger partial charge is 0.462 e. The van der Waals surface area contributed by atoms with Crippen LogP contribution in [-0.4, -0.2) is 39.1 Å². The van der Waals surface area contributed by atoms with Crippen molar-refractivity contribution in [2.75, 3.05) is 31.9 Å². The van der Waals surface area contributed by atoms with Gasteiger partial charge in [0.15, 0.2) is 5.57 Å². The predicted octanol–water partition coefficient (Wildman–Crippen LogP) is 1.99. The standard InChI is InChI=1S/C16H21N5O2S/c1-5-23-16(22)14(10-17)12-19-24(4)20-18-11-13-6-8-15(9-7-13)21(2)3/h6-9,11-12H,5H2,1-4H3,(H,19,20)/b14-12+,18-11-/t24-/m0/s1. The molecule has 0 aliphatic carbocycles. The van der Waals surface area contributed by atoms with E-state index in [1.54, 1.807) is 25.5 Å². The van der Waals surface area contributed by atoms with Crippen LogP contribution in [0.15, 0.2) is 45.6 Å². The molecule has 0 aliphatic rings. The summed E-state index contributed by atoms with van der Waals surface area (Å²) in [6.07, 6.45) is 4.72. The fraction of sp³-hybridized carbons (Fsp3) is 0.312. The third-order valence-electron chi connectivity index (χ3n) is 2.78. The Kier molecular flexibility index (Phi) is 8.22. The summed E-state index contributed by atoms with van der Waals surface area (Å²) in [5.74, 6) is -0.658. The molecule has 0 unspecified atom stereocenters. The summed E-state index contributed by atoms with van der Waals surface area (Å²) in [6.45, 7) is 1.90. The first-order chi connectivity index (χ1) is 11.5. The predicted molar refractivity (Wildman–Crippen MR) is 97.5 cm³/mol. The zero-order chi connectivity index (χ0) is 17.9. The van der Waals surface area contributed by atoms with Gasteiger partial charge in [-0.25, -0.2) is 4.79 Å². The molecule has 8 heteroatoms. The summed E-state index contributed by atoms with van der Waals surface area (Å²) in [7, 11) is 3.29. The second kappa shape index (κ2) is 10.2. The lowest BCUT2D eigenvalue weighted by Crippen LogP contribution is -2.13. The van der Waals surface area contributed by atoms with E-state index < -0.39 is 16.8 Å². The van der Waals surface area contributed by atoms with Crippen LogP contribution in [0.25, 0.3) is 0 Å². The molecule has 0 heterocycles. The van der Waals surface area contributed by atoms with Crippen molar-refractivity contribution in [2.24, 2.45) is 9.57 Å². The highest BCUT2D eigenvalue weighted by Gasteiger charge is 2.08. The van der Waals surface area contributed by atoms with E-state index in [1.807, 2.05) is 43.3 Å². The van der Waals surface area contributed by atoms with Crippen LogP contribution < -0.4 is 9.62 Å². The molecule has 0 saturated carbocycles. The smallest absolute Gasteiger partial charge is 0.350 e. The number of anilines is 1. The number of esters is 1. The fourth-order valence-electron chi connectivity index (χ4n) is 1.53. The van der Waals surface area contributed by atoms with Crippen LogP contribution in [0.1, 0.15) is 12.5 Å². The Morgan fingerprint density at radius 2 is 2.08 bits per heavy atom. The van der Waals surface area contributed by atoms with Crippen molar-refractivity contribution < 1.29 is 9.53 Å². The molecule has 0 bridgehead atoms. The molecule has 1 atom stereocenters. The van der Waals surface area contributed by atoms with E-state index in [0.717, 1.165) is 11.3 Å². The molecule has 0 saturated heterocycles. The molecular formula is C16H21N5O2S. The van der Waals surface area contributed by atoms with Crippen molar-refractivity contribution in [3.63, 3.8) is 0 Å². The fourth-order valence-corrected chi connectivity index (χ4v) is 2.06. The van der Waals surface area contributed by atoms with Crippen molar-refractivity contribution in [3.05, 3.63) is 41.6 Å². The number of nitrogens with one attached hydrogen (secondary N) is 1. The first-order valence-electron chi connectivity index (χ1n) is 7.19. The van der Waals surface area contributed by atoms with Crippen LogP contribution >= 0.6 is 0 Å². The maximum atomic E-state index is 11.4. The maximum Gasteiger partial charge on any atom is 0.350 e. The lowest BCUT2D eigenvalue weighted by molar-refractivity contribution is -0.138. The van der Waals surface area contributed by atoms with Gasteiger partial charge in [-0.3, -0.25) is 0 Å². The molecular weight excluding hydrogens is 326 g/mol. The Morgan fingerprint density at radius 1 is 1.42 bits per heavy atom. The van der Waals surface area contributed by atoms with E-state index in [2.05, 4.69) is 14.3 Å². The number of carbonyl (C=O) groups excluding carboxylic acids is 1. The average Bonchev–Trinajstić information content (AvgIpc) is 2.56. The minimum absolute atomic E-state index is 0.102. The van der Waals surface area contributed by atoms with Gasteiger partial charge in [-0.05, 0) is 24.6 Å². The Labute approximate surface area is 144 Å². The van der Waals surface area contributed by atoms with Crippen LogP contribution in [0, 0.1) is 11.3 Å². The molecule has 0 aromatic heterocycles. The molecule has 1 aromatic rings. The molecule has 1 aromatic carbocycles. The van der Waals surface area contributed by atoms with Crippen molar-refractivity contribution in [1.29, 1.82) is 5.26 Å². The second-order valence-electron chi connectivity index (χ2n) is 4.80. The molecule has 1 rings (SSSR count). The molecule has 1 N–H and O–H groups in total. The summed E-state index contributed by atoms with van der Waals surface area (Å²) in [4.78, 5) is 13.5. The zero-order valence-corrected chi connectivity index (χ0v) is 15.0. The third-order valence-corrected chi connectivity index (χ3v) is 3.57. The van der Waals surface area contributed by atoms with Gasteiger partial charge in [-0.1, -0.05) is 12.1 Å². The number of nitriles is 1. The number of ether oxygens (including phenoxy) is 1. The van der Waals surface area contributed by atoms with E-state index in [-0.39, 0.29) is 12.2 Å². The van der Waals surface area contributed by atoms with E-state index >= 15 is 0 Å². The number of rotatable bonds is 7. The summed E-state index contributed by atoms with van der Waals surface area (Å²) in [5, 5.41) is 12.9. The first-order valence-corrected chi connectivity index (χ1v) is 8.78. The van der Waals surface area contributed by atoms with Crippen LogP contribution in [0.3, 0.4) is 0 Å². The maximum absolute atomic E-state index is 11.4. The molecule has 0 aliphatic heterocycles. The average molecular weight is 347 g/mol. The van der Waals surface area contributed by atoms with Gasteiger partial charge in [0.2, 0.25) is 0 Å². The normalized spacial score (nSPS) is 12.7. The quantitative estimate of drug-likeness (QED) is 0.268.